The van der Waals surface area contributed by atoms with Crippen molar-refractivity contribution < 1.29 is 28.7 Å². The second kappa shape index (κ2) is 7.47. The summed E-state index contributed by atoms with van der Waals surface area (Å²) in [6.45, 7) is -0.363. The molecule has 0 aliphatic carbocycles. The van der Waals surface area contributed by atoms with E-state index >= 15 is 0 Å². The number of esters is 1. The highest BCUT2D eigenvalue weighted by molar-refractivity contribution is 5.99. The van der Waals surface area contributed by atoms with Crippen molar-refractivity contribution in [2.45, 2.75) is 0 Å². The van der Waals surface area contributed by atoms with Crippen LogP contribution in [0.25, 0.3) is 6.08 Å². The molecular weight excluding hydrogens is 342 g/mol. The van der Waals surface area contributed by atoms with Crippen LogP contribution >= 0.6 is 0 Å². The number of Topliss-reactive ketones (excluding diaryl/α,β-unsaturated/α-hetero) is 1. The number of fused-ring (bicyclic) bond motifs is 1. The number of ketones is 1. The Balaban J connectivity index is 1.59. The average molecular weight is 355 g/mol. The number of hydrogen-bond acceptors (Lipinski definition) is 7. The Bertz CT molecular complexity index is 904. The van der Waals surface area contributed by atoms with Gasteiger partial charge in [-0.25, -0.2) is 4.79 Å². The highest BCUT2D eigenvalue weighted by Crippen LogP contribution is 2.32. The minimum absolute atomic E-state index is 0.0956. The maximum absolute atomic E-state index is 12.1. The van der Waals surface area contributed by atoms with E-state index in [-0.39, 0.29) is 18.0 Å². The number of carbonyl (C=O) groups excluding carboxylic acids is 2. The van der Waals surface area contributed by atoms with Gasteiger partial charge in [0.05, 0.1) is 10.5 Å². The van der Waals surface area contributed by atoms with E-state index in [1.165, 1.54) is 30.3 Å². The topological polar surface area (TPSA) is 105 Å². The van der Waals surface area contributed by atoms with Gasteiger partial charge in [-0.15, -0.1) is 0 Å². The molecule has 0 spiro atoms. The van der Waals surface area contributed by atoms with Crippen LogP contribution in [0.15, 0.2) is 48.5 Å². The molecule has 3 rings (SSSR count). The zero-order chi connectivity index (χ0) is 18.5. The number of rotatable bonds is 6. The molecular formula is C18H13NO7. The molecule has 2 aromatic rings. The molecule has 0 N–H and O–H groups in total. The van der Waals surface area contributed by atoms with Gasteiger partial charge in [-0.1, -0.05) is 12.1 Å². The number of nitrogens with zero attached hydrogens (tertiary/aromatic N) is 1. The molecule has 26 heavy (non-hydrogen) atoms. The van der Waals surface area contributed by atoms with Crippen molar-refractivity contribution in [2.75, 3.05) is 13.4 Å². The van der Waals surface area contributed by atoms with Gasteiger partial charge in [0.15, 0.2) is 23.9 Å². The first kappa shape index (κ1) is 17.2. The van der Waals surface area contributed by atoms with E-state index in [4.69, 9.17) is 14.2 Å². The van der Waals surface area contributed by atoms with Crippen LogP contribution in [-0.2, 0) is 9.53 Å². The first-order valence-corrected chi connectivity index (χ1v) is 7.56. The molecule has 0 bridgehead atoms. The fourth-order valence-corrected chi connectivity index (χ4v) is 2.29. The first-order chi connectivity index (χ1) is 12.5. The highest BCUT2D eigenvalue weighted by atomic mass is 16.7. The quantitative estimate of drug-likeness (QED) is 0.258. The number of nitro groups is 1. The van der Waals surface area contributed by atoms with Crippen LogP contribution in [0.1, 0.15) is 15.9 Å². The normalized spacial score (nSPS) is 12.2. The fraction of sp³-hybridized carbons (Fsp3) is 0.111. The number of nitro benzene ring substituents is 1. The van der Waals surface area contributed by atoms with Gasteiger partial charge >= 0.3 is 5.97 Å². The lowest BCUT2D eigenvalue weighted by molar-refractivity contribution is -0.385. The van der Waals surface area contributed by atoms with E-state index in [0.29, 0.717) is 17.1 Å². The van der Waals surface area contributed by atoms with Crippen molar-refractivity contribution in [1.82, 2.24) is 0 Å². The van der Waals surface area contributed by atoms with Gasteiger partial charge in [0.25, 0.3) is 5.69 Å². The predicted molar refractivity (Wildman–Crippen MR) is 90.0 cm³/mol. The zero-order valence-corrected chi connectivity index (χ0v) is 13.4. The van der Waals surface area contributed by atoms with Crippen LogP contribution in [0.2, 0.25) is 0 Å². The summed E-state index contributed by atoms with van der Waals surface area (Å²) < 4.78 is 15.2. The number of hydrogen-bond donors (Lipinski definition) is 0. The smallest absolute Gasteiger partial charge is 0.331 e. The summed E-state index contributed by atoms with van der Waals surface area (Å²) in [5.74, 6) is -0.183. The van der Waals surface area contributed by atoms with Gasteiger partial charge in [0, 0.05) is 17.7 Å². The van der Waals surface area contributed by atoms with E-state index < -0.39 is 23.3 Å². The monoisotopic (exact) mass is 355 g/mol. The van der Waals surface area contributed by atoms with E-state index in [1.54, 1.807) is 18.2 Å². The molecule has 8 heteroatoms. The summed E-state index contributed by atoms with van der Waals surface area (Å²) >= 11 is 0. The molecule has 0 unspecified atom stereocenters. The molecule has 0 radical (unpaired) electrons. The van der Waals surface area contributed by atoms with Crippen molar-refractivity contribution in [3.63, 3.8) is 0 Å². The lowest BCUT2D eigenvalue weighted by atomic mass is 10.1. The van der Waals surface area contributed by atoms with Crippen LogP contribution in [-0.4, -0.2) is 30.1 Å². The Morgan fingerprint density at radius 1 is 1.15 bits per heavy atom. The molecule has 1 aliphatic heterocycles. The first-order valence-electron chi connectivity index (χ1n) is 7.56. The molecule has 0 saturated carbocycles. The molecule has 0 atom stereocenters. The zero-order valence-electron chi connectivity index (χ0n) is 13.4. The average Bonchev–Trinajstić information content (AvgIpc) is 3.12. The van der Waals surface area contributed by atoms with Crippen LogP contribution in [0.5, 0.6) is 11.5 Å². The van der Waals surface area contributed by atoms with Crippen molar-refractivity contribution in [3.05, 3.63) is 69.8 Å². The molecule has 132 valence electrons. The molecule has 0 fully saturated rings. The van der Waals surface area contributed by atoms with Gasteiger partial charge in [0.1, 0.15) is 0 Å². The molecule has 0 amide bonds. The predicted octanol–water partition coefficient (Wildman–Crippen LogP) is 2.76. The van der Waals surface area contributed by atoms with E-state index in [0.717, 1.165) is 6.08 Å². The maximum atomic E-state index is 12.1. The molecule has 2 aromatic carbocycles. The summed E-state index contributed by atoms with van der Waals surface area (Å²) in [6, 6.07) is 10.6. The van der Waals surface area contributed by atoms with E-state index in [2.05, 4.69) is 0 Å². The van der Waals surface area contributed by atoms with Crippen molar-refractivity contribution >= 4 is 23.5 Å². The molecule has 1 heterocycles. The third kappa shape index (κ3) is 3.86. The van der Waals surface area contributed by atoms with Crippen molar-refractivity contribution in [3.8, 4) is 11.5 Å². The molecule has 1 aliphatic rings. The summed E-state index contributed by atoms with van der Waals surface area (Å²) in [7, 11) is 0. The minimum Gasteiger partial charge on any atom is -0.454 e. The molecule has 0 saturated heterocycles. The van der Waals surface area contributed by atoms with Gasteiger partial charge in [-0.3, -0.25) is 14.9 Å². The van der Waals surface area contributed by atoms with Gasteiger partial charge in [-0.2, -0.15) is 0 Å². The lowest BCUT2D eigenvalue weighted by Crippen LogP contribution is -2.12. The van der Waals surface area contributed by atoms with Crippen LogP contribution in [0.3, 0.4) is 0 Å². The van der Waals surface area contributed by atoms with Crippen LogP contribution in [0.4, 0.5) is 5.69 Å². The minimum atomic E-state index is -0.780. The number of benzene rings is 2. The maximum Gasteiger partial charge on any atom is 0.331 e. The summed E-state index contributed by atoms with van der Waals surface area (Å²) in [5, 5.41) is 10.9. The van der Waals surface area contributed by atoms with E-state index in [1.807, 2.05) is 0 Å². The van der Waals surface area contributed by atoms with Crippen LogP contribution < -0.4 is 9.47 Å². The standard InChI is InChI=1S/C18H13NO7/c20-15(13-5-7-16-17(9-13)26-11-25-16)10-24-18(21)8-6-12-3-1-2-4-14(12)19(22)23/h1-9H,10-11H2/b8-6+. The van der Waals surface area contributed by atoms with Crippen molar-refractivity contribution in [1.29, 1.82) is 0 Å². The van der Waals surface area contributed by atoms with E-state index in [9.17, 15) is 19.7 Å². The number of ether oxygens (including phenoxy) is 3. The summed E-state index contributed by atoms with van der Waals surface area (Å²) in [6.07, 6.45) is 2.31. The van der Waals surface area contributed by atoms with Gasteiger partial charge in [-0.05, 0) is 30.3 Å². The number of para-hydroxylation sites is 1. The summed E-state index contributed by atoms with van der Waals surface area (Å²) in [4.78, 5) is 34.2. The Kier molecular flexibility index (Phi) is 4.93. The molecule has 8 nitrogen and oxygen atoms in total. The fourth-order valence-electron chi connectivity index (χ4n) is 2.29. The lowest BCUT2D eigenvalue weighted by Gasteiger charge is -2.03. The number of carbonyl (C=O) groups is 2. The van der Waals surface area contributed by atoms with Gasteiger partial charge < -0.3 is 14.2 Å². The second-order valence-corrected chi connectivity index (χ2v) is 5.25. The third-order valence-corrected chi connectivity index (χ3v) is 3.57. The second-order valence-electron chi connectivity index (χ2n) is 5.25. The SMILES string of the molecule is O=C(/C=C/c1ccccc1[N+](=O)[O-])OCC(=O)c1ccc2c(c1)OCO2. The highest BCUT2D eigenvalue weighted by Gasteiger charge is 2.17. The Hall–Kier alpha value is -3.68. The Morgan fingerprint density at radius 2 is 1.92 bits per heavy atom. The van der Waals surface area contributed by atoms with Crippen LogP contribution in [0, 0.1) is 10.1 Å². The molecule has 0 aromatic heterocycles. The Morgan fingerprint density at radius 3 is 2.73 bits per heavy atom. The van der Waals surface area contributed by atoms with Crippen molar-refractivity contribution in [2.24, 2.45) is 0 Å². The van der Waals surface area contributed by atoms with Gasteiger partial charge in [0.2, 0.25) is 6.79 Å². The third-order valence-electron chi connectivity index (χ3n) is 3.57. The summed E-state index contributed by atoms with van der Waals surface area (Å²) in [5.41, 5.74) is 0.453. The Labute approximate surface area is 147 Å². The largest absolute Gasteiger partial charge is 0.454 e.